The molecule has 5 nitrogen and oxygen atoms in total. The molecule has 0 aliphatic heterocycles. The van der Waals surface area contributed by atoms with Crippen molar-refractivity contribution in [3.63, 3.8) is 0 Å². The molecule has 1 fully saturated rings. The molecule has 5 heteroatoms. The summed E-state index contributed by atoms with van der Waals surface area (Å²) in [5.74, 6) is -0.333. The quantitative estimate of drug-likeness (QED) is 0.873. The van der Waals surface area contributed by atoms with Gasteiger partial charge in [0.05, 0.1) is 11.1 Å². The number of nitrogens with zero attached hydrogens (tertiary/aromatic N) is 1. The number of carbonyl (C=O) groups is 2. The molecule has 1 atom stereocenters. The van der Waals surface area contributed by atoms with Gasteiger partial charge < -0.3 is 10.6 Å². The number of hydrogen-bond donors (Lipinski definition) is 2. The number of amides is 2. The Labute approximate surface area is 125 Å². The molecule has 0 aromatic carbocycles. The highest BCUT2D eigenvalue weighted by Crippen LogP contribution is 2.18. The predicted molar refractivity (Wildman–Crippen MR) is 81.2 cm³/mol. The zero-order valence-corrected chi connectivity index (χ0v) is 12.7. The molecule has 1 aromatic heterocycles. The Morgan fingerprint density at radius 1 is 1.24 bits per heavy atom. The van der Waals surface area contributed by atoms with E-state index in [1.54, 1.807) is 6.07 Å². The van der Waals surface area contributed by atoms with Crippen LogP contribution < -0.4 is 10.6 Å². The van der Waals surface area contributed by atoms with Crippen molar-refractivity contribution in [2.24, 2.45) is 0 Å². The molecule has 0 spiro atoms. The first-order chi connectivity index (χ1) is 10.1. The maximum atomic E-state index is 12.2. The molecule has 2 N–H and O–H groups in total. The highest BCUT2D eigenvalue weighted by atomic mass is 16.2. The number of hydrogen-bond acceptors (Lipinski definition) is 3. The summed E-state index contributed by atoms with van der Waals surface area (Å²) in [5.41, 5.74) is 0.869. The summed E-state index contributed by atoms with van der Waals surface area (Å²) in [5, 5.41) is 5.88. The predicted octanol–water partition coefficient (Wildman–Crippen LogP) is 2.28. The molecular formula is C16H23N3O2. The van der Waals surface area contributed by atoms with Gasteiger partial charge in [-0.25, -0.2) is 0 Å². The van der Waals surface area contributed by atoms with E-state index in [1.165, 1.54) is 25.2 Å². The van der Waals surface area contributed by atoms with Crippen LogP contribution in [0.1, 0.15) is 66.7 Å². The summed E-state index contributed by atoms with van der Waals surface area (Å²) in [7, 11) is 0. The molecule has 21 heavy (non-hydrogen) atoms. The van der Waals surface area contributed by atoms with E-state index in [0.717, 1.165) is 19.3 Å². The van der Waals surface area contributed by atoms with Gasteiger partial charge in [0, 0.05) is 24.5 Å². The molecule has 114 valence electrons. The Kier molecular flexibility index (Phi) is 5.31. The van der Waals surface area contributed by atoms with E-state index in [-0.39, 0.29) is 23.9 Å². The number of pyridine rings is 1. The van der Waals surface area contributed by atoms with Gasteiger partial charge in [-0.2, -0.15) is 0 Å². The van der Waals surface area contributed by atoms with E-state index in [2.05, 4.69) is 15.6 Å². The topological polar surface area (TPSA) is 71.1 Å². The van der Waals surface area contributed by atoms with E-state index in [1.807, 2.05) is 13.8 Å². The molecule has 0 saturated heterocycles. The van der Waals surface area contributed by atoms with Crippen molar-refractivity contribution in [2.45, 2.75) is 58.0 Å². The van der Waals surface area contributed by atoms with Crippen molar-refractivity contribution in [2.75, 3.05) is 0 Å². The molecule has 2 amide bonds. The highest BCUT2D eigenvalue weighted by Gasteiger charge is 2.19. The monoisotopic (exact) mass is 289 g/mol. The molecule has 2 rings (SSSR count). The van der Waals surface area contributed by atoms with Crippen molar-refractivity contribution in [1.82, 2.24) is 15.6 Å². The zero-order valence-electron chi connectivity index (χ0n) is 12.7. The van der Waals surface area contributed by atoms with E-state index in [0.29, 0.717) is 11.1 Å². The summed E-state index contributed by atoms with van der Waals surface area (Å²) in [6, 6.07) is 1.97. The minimum atomic E-state index is -0.188. The molecule has 1 aliphatic rings. The Morgan fingerprint density at radius 2 is 1.86 bits per heavy atom. The Hall–Kier alpha value is -1.91. The molecular weight excluding hydrogens is 266 g/mol. The number of rotatable bonds is 5. The SMILES string of the molecule is CCC(C)NC(=O)c1cncc(C(=O)NC2CCCC2)c1. The van der Waals surface area contributed by atoms with E-state index in [4.69, 9.17) is 0 Å². The van der Waals surface area contributed by atoms with Crippen LogP contribution in [0.15, 0.2) is 18.5 Å². The first-order valence-electron chi connectivity index (χ1n) is 7.67. The Bertz CT molecular complexity index is 510. The normalized spacial score (nSPS) is 16.5. The van der Waals surface area contributed by atoms with Crippen molar-refractivity contribution in [3.05, 3.63) is 29.6 Å². The van der Waals surface area contributed by atoms with Crippen molar-refractivity contribution >= 4 is 11.8 Å². The minimum Gasteiger partial charge on any atom is -0.350 e. The van der Waals surface area contributed by atoms with E-state index >= 15 is 0 Å². The molecule has 1 aliphatic carbocycles. The van der Waals surface area contributed by atoms with Crippen molar-refractivity contribution < 1.29 is 9.59 Å². The standard InChI is InChI=1S/C16H23N3O2/c1-3-11(2)18-15(20)12-8-13(10-17-9-12)16(21)19-14-6-4-5-7-14/h8-11,14H,3-7H2,1-2H3,(H,18,20)(H,19,21). The second-order valence-electron chi connectivity index (χ2n) is 5.70. The summed E-state index contributed by atoms with van der Waals surface area (Å²) >= 11 is 0. The summed E-state index contributed by atoms with van der Waals surface area (Å²) in [6.45, 7) is 3.96. The summed E-state index contributed by atoms with van der Waals surface area (Å²) < 4.78 is 0. The van der Waals surface area contributed by atoms with Crippen LogP contribution in [0.25, 0.3) is 0 Å². The van der Waals surface area contributed by atoms with Gasteiger partial charge in [-0.15, -0.1) is 0 Å². The number of carbonyl (C=O) groups excluding carboxylic acids is 2. The first kappa shape index (κ1) is 15.5. The summed E-state index contributed by atoms with van der Waals surface area (Å²) in [4.78, 5) is 28.2. The third-order valence-corrected chi connectivity index (χ3v) is 3.94. The lowest BCUT2D eigenvalue weighted by atomic mass is 10.1. The molecule has 1 aromatic rings. The highest BCUT2D eigenvalue weighted by molar-refractivity contribution is 5.99. The maximum absolute atomic E-state index is 12.2. The lowest BCUT2D eigenvalue weighted by molar-refractivity contribution is 0.0937. The molecule has 1 unspecified atom stereocenters. The molecule has 0 bridgehead atoms. The van der Waals surface area contributed by atoms with Crippen LogP contribution in [-0.4, -0.2) is 28.9 Å². The molecule has 0 radical (unpaired) electrons. The van der Waals surface area contributed by atoms with Gasteiger partial charge in [0.25, 0.3) is 11.8 Å². The van der Waals surface area contributed by atoms with Gasteiger partial charge in [0.15, 0.2) is 0 Å². The summed E-state index contributed by atoms with van der Waals surface area (Å²) in [6.07, 6.45) is 8.26. The fraction of sp³-hybridized carbons (Fsp3) is 0.562. The third kappa shape index (κ3) is 4.28. The van der Waals surface area contributed by atoms with Crippen LogP contribution >= 0.6 is 0 Å². The Balaban J connectivity index is 2.02. The van der Waals surface area contributed by atoms with Gasteiger partial charge in [-0.1, -0.05) is 19.8 Å². The van der Waals surface area contributed by atoms with Gasteiger partial charge >= 0.3 is 0 Å². The average molecular weight is 289 g/mol. The number of nitrogens with one attached hydrogen (secondary N) is 2. The van der Waals surface area contributed by atoms with Crippen molar-refractivity contribution in [1.29, 1.82) is 0 Å². The largest absolute Gasteiger partial charge is 0.350 e. The second kappa shape index (κ2) is 7.20. The fourth-order valence-corrected chi connectivity index (χ4v) is 2.44. The van der Waals surface area contributed by atoms with Gasteiger partial charge in [0.2, 0.25) is 0 Å². The average Bonchev–Trinajstić information content (AvgIpc) is 3.00. The van der Waals surface area contributed by atoms with Gasteiger partial charge in [-0.3, -0.25) is 14.6 Å². The molecule has 1 saturated carbocycles. The van der Waals surface area contributed by atoms with Crippen LogP contribution in [0.4, 0.5) is 0 Å². The first-order valence-corrected chi connectivity index (χ1v) is 7.67. The molecule has 1 heterocycles. The second-order valence-corrected chi connectivity index (χ2v) is 5.70. The van der Waals surface area contributed by atoms with Gasteiger partial charge in [0.1, 0.15) is 0 Å². The van der Waals surface area contributed by atoms with Crippen LogP contribution in [0, 0.1) is 0 Å². The van der Waals surface area contributed by atoms with Crippen LogP contribution in [-0.2, 0) is 0 Å². The maximum Gasteiger partial charge on any atom is 0.253 e. The lowest BCUT2D eigenvalue weighted by Crippen LogP contribution is -2.34. The van der Waals surface area contributed by atoms with Crippen LogP contribution in [0.3, 0.4) is 0 Å². The van der Waals surface area contributed by atoms with E-state index < -0.39 is 0 Å². The number of aromatic nitrogens is 1. The van der Waals surface area contributed by atoms with Crippen LogP contribution in [0.2, 0.25) is 0 Å². The smallest absolute Gasteiger partial charge is 0.253 e. The minimum absolute atomic E-state index is 0.105. The van der Waals surface area contributed by atoms with Gasteiger partial charge in [-0.05, 0) is 32.3 Å². The Morgan fingerprint density at radius 3 is 2.48 bits per heavy atom. The third-order valence-electron chi connectivity index (χ3n) is 3.94. The van der Waals surface area contributed by atoms with E-state index in [9.17, 15) is 9.59 Å². The zero-order chi connectivity index (χ0) is 15.2. The van der Waals surface area contributed by atoms with Crippen molar-refractivity contribution in [3.8, 4) is 0 Å². The lowest BCUT2D eigenvalue weighted by Gasteiger charge is -2.13. The fourth-order valence-electron chi connectivity index (χ4n) is 2.44. The van der Waals surface area contributed by atoms with Crippen LogP contribution in [0.5, 0.6) is 0 Å².